The van der Waals surface area contributed by atoms with E-state index >= 15 is 0 Å². The maximum Gasteiger partial charge on any atom is 0.107 e. The van der Waals surface area contributed by atoms with Crippen molar-refractivity contribution in [3.8, 4) is 0 Å². The van der Waals surface area contributed by atoms with Crippen molar-refractivity contribution in [2.45, 2.75) is 25.4 Å². The summed E-state index contributed by atoms with van der Waals surface area (Å²) in [7, 11) is 0. The van der Waals surface area contributed by atoms with Crippen molar-refractivity contribution in [1.82, 2.24) is 9.55 Å². The number of nitrogens with two attached hydrogens (primary N) is 1. The van der Waals surface area contributed by atoms with Gasteiger partial charge in [0, 0.05) is 0 Å². The predicted octanol–water partition coefficient (Wildman–Crippen LogP) is 3.14. The number of aryl methyl sites for hydroxylation is 1. The molecular weight excluding hydrogens is 246 g/mol. The standard InChI is InChI=1S/C17H17N3/c1-11-19-14-8-4-5-9-15(14)20(11)16-10-12-6-2-3-7-13(12)17(16)18/h2-9,16-17H,10,18H2,1H3. The van der Waals surface area contributed by atoms with Crippen molar-refractivity contribution in [3.05, 3.63) is 65.5 Å². The Morgan fingerprint density at radius 1 is 1.10 bits per heavy atom. The molecule has 0 radical (unpaired) electrons. The van der Waals surface area contributed by atoms with E-state index in [0.29, 0.717) is 0 Å². The average molecular weight is 263 g/mol. The highest BCUT2D eigenvalue weighted by molar-refractivity contribution is 5.76. The van der Waals surface area contributed by atoms with Crippen molar-refractivity contribution in [2.24, 2.45) is 5.73 Å². The first-order chi connectivity index (χ1) is 9.75. The fraction of sp³-hybridized carbons (Fsp3) is 0.235. The lowest BCUT2D eigenvalue weighted by Gasteiger charge is -2.20. The number of para-hydroxylation sites is 2. The van der Waals surface area contributed by atoms with Crippen molar-refractivity contribution in [1.29, 1.82) is 0 Å². The van der Waals surface area contributed by atoms with Gasteiger partial charge in [0.15, 0.2) is 0 Å². The topological polar surface area (TPSA) is 43.8 Å². The molecule has 0 fully saturated rings. The van der Waals surface area contributed by atoms with Crippen LogP contribution in [0.15, 0.2) is 48.5 Å². The van der Waals surface area contributed by atoms with E-state index in [1.165, 1.54) is 16.6 Å². The summed E-state index contributed by atoms with van der Waals surface area (Å²) in [5.41, 5.74) is 11.4. The Morgan fingerprint density at radius 3 is 2.70 bits per heavy atom. The van der Waals surface area contributed by atoms with Crippen molar-refractivity contribution >= 4 is 11.0 Å². The Hall–Kier alpha value is -2.13. The molecule has 1 aliphatic carbocycles. The smallest absolute Gasteiger partial charge is 0.107 e. The van der Waals surface area contributed by atoms with Crippen LogP contribution < -0.4 is 5.73 Å². The summed E-state index contributed by atoms with van der Waals surface area (Å²) in [6, 6.07) is 17.1. The molecule has 100 valence electrons. The summed E-state index contributed by atoms with van der Waals surface area (Å²) in [5.74, 6) is 1.04. The van der Waals surface area contributed by atoms with Crippen LogP contribution in [-0.4, -0.2) is 9.55 Å². The normalized spacial score (nSPS) is 21.3. The second kappa shape index (κ2) is 4.18. The van der Waals surface area contributed by atoms with E-state index in [2.05, 4.69) is 58.9 Å². The van der Waals surface area contributed by atoms with Gasteiger partial charge in [0.25, 0.3) is 0 Å². The predicted molar refractivity (Wildman–Crippen MR) is 80.6 cm³/mol. The largest absolute Gasteiger partial charge is 0.323 e. The molecule has 2 atom stereocenters. The number of hydrogen-bond donors (Lipinski definition) is 1. The molecule has 0 amide bonds. The highest BCUT2D eigenvalue weighted by atomic mass is 15.1. The number of imidazole rings is 1. The molecule has 3 aromatic rings. The van der Waals surface area contributed by atoms with Crippen molar-refractivity contribution in [2.75, 3.05) is 0 Å². The zero-order valence-electron chi connectivity index (χ0n) is 11.5. The van der Waals surface area contributed by atoms with E-state index in [1.54, 1.807) is 0 Å². The van der Waals surface area contributed by atoms with E-state index in [4.69, 9.17) is 5.73 Å². The van der Waals surface area contributed by atoms with Gasteiger partial charge in [0.1, 0.15) is 5.82 Å². The maximum atomic E-state index is 6.49. The third kappa shape index (κ3) is 1.53. The first-order valence-corrected chi connectivity index (χ1v) is 7.02. The molecule has 2 aromatic carbocycles. The Morgan fingerprint density at radius 2 is 1.85 bits per heavy atom. The number of fused-ring (bicyclic) bond motifs is 2. The van der Waals surface area contributed by atoms with Crippen LogP contribution in [0.4, 0.5) is 0 Å². The molecule has 1 heterocycles. The van der Waals surface area contributed by atoms with Crippen LogP contribution in [0.25, 0.3) is 11.0 Å². The van der Waals surface area contributed by atoms with E-state index in [0.717, 1.165) is 17.8 Å². The van der Waals surface area contributed by atoms with Gasteiger partial charge in [-0.15, -0.1) is 0 Å². The minimum atomic E-state index is 0.0440. The first-order valence-electron chi connectivity index (χ1n) is 7.02. The van der Waals surface area contributed by atoms with Gasteiger partial charge >= 0.3 is 0 Å². The molecule has 0 spiro atoms. The zero-order chi connectivity index (χ0) is 13.7. The van der Waals surface area contributed by atoms with Crippen LogP contribution in [-0.2, 0) is 6.42 Å². The number of benzene rings is 2. The van der Waals surface area contributed by atoms with Crippen LogP contribution >= 0.6 is 0 Å². The molecule has 0 saturated carbocycles. The second-order valence-corrected chi connectivity index (χ2v) is 5.51. The molecule has 0 aliphatic heterocycles. The van der Waals surface area contributed by atoms with Crippen LogP contribution in [0.5, 0.6) is 0 Å². The summed E-state index contributed by atoms with van der Waals surface area (Å²) in [6.07, 6.45) is 0.985. The summed E-state index contributed by atoms with van der Waals surface area (Å²) in [4.78, 5) is 4.66. The highest BCUT2D eigenvalue weighted by Crippen LogP contribution is 2.39. The number of rotatable bonds is 1. The molecule has 4 rings (SSSR count). The van der Waals surface area contributed by atoms with Crippen molar-refractivity contribution < 1.29 is 0 Å². The van der Waals surface area contributed by atoms with Crippen LogP contribution in [0.3, 0.4) is 0 Å². The van der Waals surface area contributed by atoms with E-state index in [9.17, 15) is 0 Å². The van der Waals surface area contributed by atoms with Crippen LogP contribution in [0.2, 0.25) is 0 Å². The van der Waals surface area contributed by atoms with Crippen LogP contribution in [0, 0.1) is 6.92 Å². The van der Waals surface area contributed by atoms with Crippen LogP contribution in [0.1, 0.15) is 29.0 Å². The Kier molecular flexibility index (Phi) is 2.44. The Balaban J connectivity index is 1.88. The molecule has 2 N–H and O–H groups in total. The molecule has 3 nitrogen and oxygen atoms in total. The van der Waals surface area contributed by atoms with Gasteiger partial charge in [-0.3, -0.25) is 0 Å². The molecule has 2 unspecified atom stereocenters. The minimum absolute atomic E-state index is 0.0440. The Labute approximate surface area is 118 Å². The molecule has 0 saturated heterocycles. The molecular formula is C17H17N3. The van der Waals surface area contributed by atoms with Crippen molar-refractivity contribution in [3.63, 3.8) is 0 Å². The lowest BCUT2D eigenvalue weighted by atomic mass is 10.1. The van der Waals surface area contributed by atoms with Gasteiger partial charge in [-0.25, -0.2) is 4.98 Å². The number of aromatic nitrogens is 2. The van der Waals surface area contributed by atoms with E-state index in [1.807, 2.05) is 6.07 Å². The quantitative estimate of drug-likeness (QED) is 0.733. The molecule has 0 bridgehead atoms. The van der Waals surface area contributed by atoms with Gasteiger partial charge in [0.05, 0.1) is 23.1 Å². The summed E-state index contributed by atoms with van der Waals surface area (Å²) >= 11 is 0. The lowest BCUT2D eigenvalue weighted by Crippen LogP contribution is -2.21. The molecule has 1 aromatic heterocycles. The van der Waals surface area contributed by atoms with Gasteiger partial charge in [-0.2, -0.15) is 0 Å². The third-order valence-electron chi connectivity index (χ3n) is 4.36. The minimum Gasteiger partial charge on any atom is -0.323 e. The second-order valence-electron chi connectivity index (χ2n) is 5.51. The number of nitrogens with zero attached hydrogens (tertiary/aromatic N) is 2. The lowest BCUT2D eigenvalue weighted by molar-refractivity contribution is 0.452. The maximum absolute atomic E-state index is 6.49. The SMILES string of the molecule is Cc1nc2ccccc2n1C1Cc2ccccc2C1N. The summed E-state index contributed by atoms with van der Waals surface area (Å²) in [5, 5.41) is 0. The third-order valence-corrected chi connectivity index (χ3v) is 4.36. The summed E-state index contributed by atoms with van der Waals surface area (Å²) in [6.45, 7) is 2.07. The number of hydrogen-bond acceptors (Lipinski definition) is 2. The monoisotopic (exact) mass is 263 g/mol. The fourth-order valence-electron chi connectivity index (χ4n) is 3.44. The molecule has 20 heavy (non-hydrogen) atoms. The van der Waals surface area contributed by atoms with E-state index in [-0.39, 0.29) is 12.1 Å². The van der Waals surface area contributed by atoms with Gasteiger partial charge < -0.3 is 10.3 Å². The van der Waals surface area contributed by atoms with E-state index < -0.39 is 0 Å². The highest BCUT2D eigenvalue weighted by Gasteiger charge is 2.32. The fourth-order valence-corrected chi connectivity index (χ4v) is 3.44. The molecule has 1 aliphatic rings. The van der Waals surface area contributed by atoms with Gasteiger partial charge in [0.2, 0.25) is 0 Å². The molecule has 3 heteroatoms. The van der Waals surface area contributed by atoms with Gasteiger partial charge in [-0.1, -0.05) is 36.4 Å². The summed E-state index contributed by atoms with van der Waals surface area (Å²) < 4.78 is 2.31. The first kappa shape index (κ1) is 11.7. The Bertz CT molecular complexity index is 788. The van der Waals surface area contributed by atoms with Gasteiger partial charge in [-0.05, 0) is 36.6 Å². The average Bonchev–Trinajstić information content (AvgIpc) is 2.96. The zero-order valence-corrected chi connectivity index (χ0v) is 11.5.